The summed E-state index contributed by atoms with van der Waals surface area (Å²) in [6.07, 6.45) is 12.6. The molecule has 0 bridgehead atoms. The van der Waals surface area contributed by atoms with Gasteiger partial charge in [0.25, 0.3) is 5.91 Å². The van der Waals surface area contributed by atoms with E-state index < -0.39 is 0 Å². The second-order valence-corrected chi connectivity index (χ2v) is 8.50. The Balaban J connectivity index is 0.00000218. The minimum Gasteiger partial charge on any atom is -0.450 e. The highest BCUT2D eigenvalue weighted by Crippen LogP contribution is 2.53. The number of likely N-dealkylation sites (tertiary alicyclic amines) is 1. The predicted octanol–water partition coefficient (Wildman–Crippen LogP) is 4.10. The van der Waals surface area contributed by atoms with Crippen LogP contribution < -0.4 is 5.32 Å². The quantitative estimate of drug-likeness (QED) is 0.761. The summed E-state index contributed by atoms with van der Waals surface area (Å²) < 4.78 is 11.2. The fraction of sp³-hybridized carbons (Fsp3) is 0.522. The third-order valence-corrected chi connectivity index (χ3v) is 6.66. The number of hydrogen-bond acceptors (Lipinski definition) is 4. The van der Waals surface area contributed by atoms with Gasteiger partial charge in [0.15, 0.2) is 5.76 Å². The van der Waals surface area contributed by atoms with Gasteiger partial charge in [-0.25, -0.2) is 4.79 Å². The number of carbonyl (C=O) groups is 2. The second kappa shape index (κ2) is 7.60. The van der Waals surface area contributed by atoms with E-state index in [2.05, 4.69) is 11.0 Å². The van der Waals surface area contributed by atoms with Crippen molar-refractivity contribution in [3.8, 4) is 0 Å². The largest absolute Gasteiger partial charge is 0.450 e. The molecule has 154 valence electrons. The van der Waals surface area contributed by atoms with Crippen LogP contribution in [0.3, 0.4) is 0 Å². The molecule has 5 rings (SSSR count). The smallest absolute Gasteiger partial charge is 0.410 e. The third kappa shape index (κ3) is 3.77. The van der Waals surface area contributed by atoms with Gasteiger partial charge in [0, 0.05) is 32.7 Å². The number of nitrogens with one attached hydrogen (secondary N) is 1. The minimum atomic E-state index is -0.184. The van der Waals surface area contributed by atoms with Gasteiger partial charge >= 0.3 is 6.09 Å². The molecule has 1 aromatic rings. The van der Waals surface area contributed by atoms with Crippen molar-refractivity contribution in [3.05, 3.63) is 41.0 Å². The first-order valence-corrected chi connectivity index (χ1v) is 10.7. The van der Waals surface area contributed by atoms with E-state index >= 15 is 0 Å². The van der Waals surface area contributed by atoms with Crippen LogP contribution in [0.15, 0.2) is 28.4 Å². The van der Waals surface area contributed by atoms with Crippen LogP contribution in [-0.4, -0.2) is 42.6 Å². The number of ether oxygens (including phenoxy) is 1. The van der Waals surface area contributed by atoms with Crippen LogP contribution in [0.4, 0.5) is 4.79 Å². The van der Waals surface area contributed by atoms with Crippen molar-refractivity contribution in [1.29, 1.82) is 0 Å². The molecule has 0 aromatic carbocycles. The van der Waals surface area contributed by atoms with Crippen molar-refractivity contribution in [2.75, 3.05) is 19.6 Å². The molecular weight excluding hydrogens is 368 g/mol. The highest BCUT2D eigenvalue weighted by Gasteiger charge is 2.56. The molecule has 3 fully saturated rings. The Morgan fingerprint density at radius 2 is 2.07 bits per heavy atom. The number of rotatable bonds is 5. The fourth-order valence-corrected chi connectivity index (χ4v) is 4.99. The summed E-state index contributed by atoms with van der Waals surface area (Å²) in [5, 5.41) is 2.96. The van der Waals surface area contributed by atoms with Gasteiger partial charge < -0.3 is 19.4 Å². The molecule has 2 saturated carbocycles. The highest BCUT2D eigenvalue weighted by molar-refractivity contribution is 5.92. The highest BCUT2D eigenvalue weighted by atomic mass is 16.6. The van der Waals surface area contributed by atoms with E-state index in [9.17, 15) is 9.59 Å². The maximum Gasteiger partial charge on any atom is 0.410 e. The molecule has 3 atom stereocenters. The van der Waals surface area contributed by atoms with Crippen LogP contribution in [0.25, 0.3) is 12.2 Å². The molecule has 3 aliphatic carbocycles. The van der Waals surface area contributed by atoms with Gasteiger partial charge in [-0.1, -0.05) is 12.2 Å². The van der Waals surface area contributed by atoms with Crippen molar-refractivity contribution < 1.29 is 20.2 Å². The Kier molecular flexibility index (Phi) is 4.80. The zero-order valence-corrected chi connectivity index (χ0v) is 16.4. The Morgan fingerprint density at radius 1 is 1.28 bits per heavy atom. The number of allylic oxidation sites excluding steroid dienone is 2. The lowest BCUT2D eigenvalue weighted by molar-refractivity contribution is 0.0673. The lowest BCUT2D eigenvalue weighted by atomic mass is 10.2. The molecule has 0 spiro atoms. The first-order chi connectivity index (χ1) is 14.2. The van der Waals surface area contributed by atoms with Crippen LogP contribution in [-0.2, 0) is 4.74 Å². The SMILES string of the molecule is O=C(NCCC1[C@H]2CN(C(=O)OC3CCCC3)C[C@@H]12)c1cc2c(o1)C=C=CC=C2.[HH]. The van der Waals surface area contributed by atoms with Gasteiger partial charge in [-0.2, -0.15) is 0 Å². The molecule has 4 aliphatic rings. The van der Waals surface area contributed by atoms with E-state index in [4.69, 9.17) is 9.15 Å². The molecule has 1 saturated heterocycles. The number of hydrogen-bond donors (Lipinski definition) is 1. The van der Waals surface area contributed by atoms with Crippen molar-refractivity contribution in [1.82, 2.24) is 10.2 Å². The van der Waals surface area contributed by atoms with Gasteiger partial charge in [-0.3, -0.25) is 4.79 Å². The van der Waals surface area contributed by atoms with E-state index in [1.807, 2.05) is 17.1 Å². The Morgan fingerprint density at radius 3 is 2.86 bits per heavy atom. The maximum atomic E-state index is 12.4. The number of nitrogens with zero attached hydrogens (tertiary/aromatic N) is 1. The van der Waals surface area contributed by atoms with Crippen LogP contribution in [0.2, 0.25) is 0 Å². The lowest BCUT2D eigenvalue weighted by Gasteiger charge is -2.22. The zero-order chi connectivity index (χ0) is 19.8. The van der Waals surface area contributed by atoms with Gasteiger partial charge in [0.1, 0.15) is 11.9 Å². The molecule has 6 heteroatoms. The molecule has 2 amide bonds. The summed E-state index contributed by atoms with van der Waals surface area (Å²) in [4.78, 5) is 26.5. The molecular formula is C23H28N2O4. The number of fused-ring (bicyclic) bond motifs is 2. The van der Waals surface area contributed by atoms with Crippen molar-refractivity contribution in [2.45, 2.75) is 38.2 Å². The van der Waals surface area contributed by atoms with Crippen molar-refractivity contribution in [3.63, 3.8) is 0 Å². The van der Waals surface area contributed by atoms with Gasteiger partial charge in [0.2, 0.25) is 0 Å². The van der Waals surface area contributed by atoms with E-state index in [0.29, 0.717) is 35.8 Å². The fourth-order valence-electron chi connectivity index (χ4n) is 4.99. The molecule has 1 aliphatic heterocycles. The first kappa shape index (κ1) is 18.3. The van der Waals surface area contributed by atoms with Gasteiger partial charge in [-0.05, 0) is 62.0 Å². The zero-order valence-electron chi connectivity index (χ0n) is 16.4. The number of piperidine rings is 1. The Labute approximate surface area is 171 Å². The summed E-state index contributed by atoms with van der Waals surface area (Å²) in [5.41, 5.74) is 3.86. The minimum absolute atomic E-state index is 0. The molecule has 1 N–H and O–H groups in total. The molecule has 0 radical (unpaired) electrons. The van der Waals surface area contributed by atoms with Gasteiger partial charge in [-0.15, -0.1) is 5.73 Å². The van der Waals surface area contributed by atoms with Gasteiger partial charge in [0.05, 0.1) is 0 Å². The Bertz CT molecular complexity index is 896. The predicted molar refractivity (Wildman–Crippen MR) is 110 cm³/mol. The number of carbonyl (C=O) groups excluding carboxylic acids is 2. The summed E-state index contributed by atoms with van der Waals surface area (Å²) >= 11 is 0. The first-order valence-electron chi connectivity index (χ1n) is 10.7. The second-order valence-electron chi connectivity index (χ2n) is 8.50. The van der Waals surface area contributed by atoms with Crippen LogP contribution in [0.1, 0.15) is 55.4 Å². The summed E-state index contributed by atoms with van der Waals surface area (Å²) in [6.45, 7) is 2.22. The average molecular weight is 396 g/mol. The van der Waals surface area contributed by atoms with Crippen LogP contribution in [0.5, 0.6) is 0 Å². The summed E-state index contributed by atoms with van der Waals surface area (Å²) in [6, 6.07) is 1.76. The van der Waals surface area contributed by atoms with E-state index in [0.717, 1.165) is 37.9 Å². The van der Waals surface area contributed by atoms with Crippen LogP contribution >= 0.6 is 0 Å². The van der Waals surface area contributed by atoms with E-state index in [1.54, 1.807) is 18.2 Å². The summed E-state index contributed by atoms with van der Waals surface area (Å²) in [7, 11) is 0. The summed E-state index contributed by atoms with van der Waals surface area (Å²) in [5.74, 6) is 2.51. The van der Waals surface area contributed by atoms with E-state index in [-0.39, 0.29) is 19.5 Å². The number of amides is 2. The van der Waals surface area contributed by atoms with Crippen molar-refractivity contribution in [2.24, 2.45) is 17.8 Å². The molecule has 6 nitrogen and oxygen atoms in total. The molecule has 1 unspecified atom stereocenters. The Hall–Kier alpha value is -2.72. The maximum absolute atomic E-state index is 12.4. The monoisotopic (exact) mass is 396 g/mol. The van der Waals surface area contributed by atoms with Crippen LogP contribution in [0, 0.1) is 17.8 Å². The normalized spacial score (nSPS) is 26.9. The van der Waals surface area contributed by atoms with Crippen molar-refractivity contribution >= 4 is 24.2 Å². The molecule has 29 heavy (non-hydrogen) atoms. The lowest BCUT2D eigenvalue weighted by Crippen LogP contribution is -2.34. The molecule has 2 heterocycles. The average Bonchev–Trinajstić information content (AvgIpc) is 3.15. The standard InChI is InChI=1S/C23H26N2O4.H2/c26-22(21-12-15-6-2-1-3-9-20(15)29-21)24-11-10-17-18-13-25(14-19(17)18)23(27)28-16-7-4-5-8-16;/h1-2,6,9,12,16-19H,4-5,7-8,10-11,13-14H2,(H,24,26);1H/t17?,18-,19+;. The topological polar surface area (TPSA) is 71.8 Å². The number of furan rings is 1. The third-order valence-electron chi connectivity index (χ3n) is 6.66. The van der Waals surface area contributed by atoms with E-state index in [1.165, 1.54) is 12.8 Å². The molecule has 1 aromatic heterocycles.